The molecule has 0 spiro atoms. The number of carbonyl (C=O) groups excluding carboxylic acids is 1. The molecule has 2 heterocycles. The Labute approximate surface area is 130 Å². The van der Waals surface area contributed by atoms with Gasteiger partial charge < -0.3 is 14.6 Å². The second-order valence-corrected chi connectivity index (χ2v) is 5.45. The lowest BCUT2D eigenvalue weighted by atomic mass is 10.2. The normalized spacial score (nSPS) is 15.7. The van der Waals surface area contributed by atoms with E-state index in [2.05, 4.69) is 39.4 Å². The summed E-state index contributed by atoms with van der Waals surface area (Å²) in [6, 6.07) is 14.1. The molecule has 1 aliphatic heterocycles. The van der Waals surface area contributed by atoms with Crippen molar-refractivity contribution in [2.75, 3.05) is 37.6 Å². The van der Waals surface area contributed by atoms with Crippen LogP contribution in [-0.4, -0.2) is 43.5 Å². The third-order valence-electron chi connectivity index (χ3n) is 3.90. The van der Waals surface area contributed by atoms with Gasteiger partial charge in [-0.2, -0.15) is 0 Å². The van der Waals surface area contributed by atoms with E-state index in [-0.39, 0.29) is 5.91 Å². The predicted octanol–water partition coefficient (Wildman–Crippen LogP) is 1.72. The van der Waals surface area contributed by atoms with Gasteiger partial charge in [-0.3, -0.25) is 9.69 Å². The van der Waals surface area contributed by atoms with Crippen LogP contribution in [0.5, 0.6) is 0 Å². The highest BCUT2D eigenvalue weighted by Gasteiger charge is 2.18. The molecule has 0 unspecified atom stereocenters. The molecule has 1 aromatic carbocycles. The van der Waals surface area contributed by atoms with Crippen LogP contribution in [0.15, 0.2) is 53.1 Å². The maximum absolute atomic E-state index is 11.9. The molecule has 0 radical (unpaired) electrons. The van der Waals surface area contributed by atoms with Gasteiger partial charge in [0, 0.05) is 31.9 Å². The zero-order valence-corrected chi connectivity index (χ0v) is 12.6. The predicted molar refractivity (Wildman–Crippen MR) is 85.6 cm³/mol. The maximum atomic E-state index is 11.9. The number of nitrogens with zero attached hydrogens (tertiary/aromatic N) is 2. The second-order valence-electron chi connectivity index (χ2n) is 5.45. The molecule has 0 atom stereocenters. The van der Waals surface area contributed by atoms with Crippen LogP contribution in [0, 0.1) is 0 Å². The van der Waals surface area contributed by atoms with Crippen LogP contribution in [0.3, 0.4) is 0 Å². The number of para-hydroxylation sites is 1. The number of nitrogens with one attached hydrogen (secondary N) is 1. The summed E-state index contributed by atoms with van der Waals surface area (Å²) in [5.41, 5.74) is 1.25. The molecule has 3 rings (SSSR count). The highest BCUT2D eigenvalue weighted by Crippen LogP contribution is 2.15. The number of carbonyl (C=O) groups is 1. The first-order chi connectivity index (χ1) is 10.8. The Morgan fingerprint density at radius 3 is 2.50 bits per heavy atom. The first kappa shape index (κ1) is 14.7. The van der Waals surface area contributed by atoms with Gasteiger partial charge in [0.15, 0.2) is 0 Å². The molecule has 116 valence electrons. The summed E-state index contributed by atoms with van der Waals surface area (Å²) in [5, 5.41) is 2.89. The number of benzene rings is 1. The minimum Gasteiger partial charge on any atom is -0.467 e. The molecule has 1 amide bonds. The Hall–Kier alpha value is -2.27. The van der Waals surface area contributed by atoms with Crippen LogP contribution < -0.4 is 10.2 Å². The van der Waals surface area contributed by atoms with Gasteiger partial charge in [-0.1, -0.05) is 18.2 Å². The molecule has 1 aromatic heterocycles. The Balaban J connectivity index is 1.41. The lowest BCUT2D eigenvalue weighted by molar-refractivity contribution is -0.122. The lowest BCUT2D eigenvalue weighted by Gasteiger charge is -2.35. The van der Waals surface area contributed by atoms with E-state index in [9.17, 15) is 4.79 Å². The number of anilines is 1. The molecule has 1 saturated heterocycles. The molecule has 1 N–H and O–H groups in total. The number of hydrogen-bond acceptors (Lipinski definition) is 4. The monoisotopic (exact) mass is 299 g/mol. The molecule has 0 aliphatic carbocycles. The summed E-state index contributed by atoms with van der Waals surface area (Å²) >= 11 is 0. The Morgan fingerprint density at radius 1 is 1.05 bits per heavy atom. The van der Waals surface area contributed by atoms with Gasteiger partial charge in [0.05, 0.1) is 19.4 Å². The van der Waals surface area contributed by atoms with Crippen LogP contribution in [0.1, 0.15) is 5.76 Å². The Morgan fingerprint density at radius 2 is 1.82 bits per heavy atom. The largest absolute Gasteiger partial charge is 0.467 e. The van der Waals surface area contributed by atoms with Crippen molar-refractivity contribution in [2.45, 2.75) is 6.54 Å². The first-order valence-electron chi connectivity index (χ1n) is 7.63. The Kier molecular flexibility index (Phi) is 4.75. The van der Waals surface area contributed by atoms with E-state index in [4.69, 9.17) is 4.42 Å². The number of furan rings is 1. The second kappa shape index (κ2) is 7.13. The van der Waals surface area contributed by atoms with E-state index in [0.29, 0.717) is 13.1 Å². The summed E-state index contributed by atoms with van der Waals surface area (Å²) in [4.78, 5) is 16.5. The van der Waals surface area contributed by atoms with E-state index in [1.165, 1.54) is 5.69 Å². The molecule has 2 aromatic rings. The van der Waals surface area contributed by atoms with Crippen molar-refractivity contribution >= 4 is 11.6 Å². The van der Waals surface area contributed by atoms with Gasteiger partial charge in [0.2, 0.25) is 5.91 Å². The van der Waals surface area contributed by atoms with Gasteiger partial charge in [0.25, 0.3) is 0 Å². The SMILES string of the molecule is O=C(CN1CCN(c2ccccc2)CC1)NCc1ccco1. The maximum Gasteiger partial charge on any atom is 0.234 e. The van der Waals surface area contributed by atoms with E-state index in [1.807, 2.05) is 18.2 Å². The molecule has 0 bridgehead atoms. The molecular formula is C17H21N3O2. The van der Waals surface area contributed by atoms with Gasteiger partial charge in [0.1, 0.15) is 5.76 Å². The molecule has 1 fully saturated rings. The van der Waals surface area contributed by atoms with Crippen molar-refractivity contribution in [3.05, 3.63) is 54.5 Å². The molecule has 5 nitrogen and oxygen atoms in total. The zero-order chi connectivity index (χ0) is 15.2. The fraction of sp³-hybridized carbons (Fsp3) is 0.353. The van der Waals surface area contributed by atoms with Crippen LogP contribution in [0.4, 0.5) is 5.69 Å². The lowest BCUT2D eigenvalue weighted by Crippen LogP contribution is -2.49. The standard InChI is InChI=1S/C17H21N3O2/c21-17(18-13-16-7-4-12-22-16)14-19-8-10-20(11-9-19)15-5-2-1-3-6-15/h1-7,12H,8-11,13-14H2,(H,18,21). The minimum absolute atomic E-state index is 0.0459. The first-order valence-corrected chi connectivity index (χ1v) is 7.63. The number of piperazine rings is 1. The summed E-state index contributed by atoms with van der Waals surface area (Å²) in [7, 11) is 0. The quantitative estimate of drug-likeness (QED) is 0.913. The van der Waals surface area contributed by atoms with Crippen LogP contribution in [0.25, 0.3) is 0 Å². The van der Waals surface area contributed by atoms with E-state index in [0.717, 1.165) is 31.9 Å². The summed E-state index contributed by atoms with van der Waals surface area (Å²) in [6.07, 6.45) is 1.62. The average Bonchev–Trinajstić information content (AvgIpc) is 3.08. The van der Waals surface area contributed by atoms with Crippen LogP contribution >= 0.6 is 0 Å². The van der Waals surface area contributed by atoms with Gasteiger partial charge in [-0.25, -0.2) is 0 Å². The molecule has 22 heavy (non-hydrogen) atoms. The van der Waals surface area contributed by atoms with Gasteiger partial charge in [-0.15, -0.1) is 0 Å². The molecule has 0 saturated carbocycles. The van der Waals surface area contributed by atoms with E-state index >= 15 is 0 Å². The van der Waals surface area contributed by atoms with Crippen LogP contribution in [-0.2, 0) is 11.3 Å². The number of rotatable bonds is 5. The van der Waals surface area contributed by atoms with Crippen molar-refractivity contribution in [1.82, 2.24) is 10.2 Å². The van der Waals surface area contributed by atoms with Crippen molar-refractivity contribution in [3.63, 3.8) is 0 Å². The van der Waals surface area contributed by atoms with Gasteiger partial charge >= 0.3 is 0 Å². The van der Waals surface area contributed by atoms with Crippen molar-refractivity contribution in [3.8, 4) is 0 Å². The third-order valence-corrected chi connectivity index (χ3v) is 3.90. The summed E-state index contributed by atoms with van der Waals surface area (Å²) in [6.45, 7) is 4.62. The van der Waals surface area contributed by atoms with Crippen molar-refractivity contribution < 1.29 is 9.21 Å². The fourth-order valence-corrected chi connectivity index (χ4v) is 2.66. The zero-order valence-electron chi connectivity index (χ0n) is 12.6. The van der Waals surface area contributed by atoms with Crippen molar-refractivity contribution in [2.24, 2.45) is 0 Å². The van der Waals surface area contributed by atoms with E-state index < -0.39 is 0 Å². The highest BCUT2D eigenvalue weighted by molar-refractivity contribution is 5.78. The number of hydrogen-bond donors (Lipinski definition) is 1. The molecular weight excluding hydrogens is 278 g/mol. The van der Waals surface area contributed by atoms with Crippen LogP contribution in [0.2, 0.25) is 0 Å². The van der Waals surface area contributed by atoms with Crippen molar-refractivity contribution in [1.29, 1.82) is 0 Å². The third kappa shape index (κ3) is 3.89. The average molecular weight is 299 g/mol. The molecule has 5 heteroatoms. The number of amides is 1. The summed E-state index contributed by atoms with van der Waals surface area (Å²) < 4.78 is 5.20. The minimum atomic E-state index is 0.0459. The highest BCUT2D eigenvalue weighted by atomic mass is 16.3. The smallest absolute Gasteiger partial charge is 0.234 e. The summed E-state index contributed by atoms with van der Waals surface area (Å²) in [5.74, 6) is 0.826. The molecule has 1 aliphatic rings. The van der Waals surface area contributed by atoms with E-state index in [1.54, 1.807) is 6.26 Å². The topological polar surface area (TPSA) is 48.7 Å². The fourth-order valence-electron chi connectivity index (χ4n) is 2.66. The van der Waals surface area contributed by atoms with Gasteiger partial charge in [-0.05, 0) is 24.3 Å². The Bertz CT molecular complexity index is 575.